The second-order valence-corrected chi connectivity index (χ2v) is 6.95. The van der Waals surface area contributed by atoms with Crippen molar-refractivity contribution in [1.29, 1.82) is 0 Å². The van der Waals surface area contributed by atoms with E-state index in [4.69, 9.17) is 4.74 Å². The molecular formula is C23H20N6O3. The first-order valence-corrected chi connectivity index (χ1v) is 9.82. The Labute approximate surface area is 183 Å². The fourth-order valence-corrected chi connectivity index (χ4v) is 2.83. The van der Waals surface area contributed by atoms with Crippen LogP contribution in [0.4, 0.5) is 17.3 Å². The average Bonchev–Trinajstić information content (AvgIpc) is 3.28. The Bertz CT molecular complexity index is 1220. The molecule has 2 aromatic carbocycles. The van der Waals surface area contributed by atoms with E-state index < -0.39 is 5.97 Å². The highest BCUT2D eigenvalue weighted by molar-refractivity contribution is 6.04. The molecular weight excluding hydrogens is 408 g/mol. The zero-order chi connectivity index (χ0) is 22.3. The minimum Gasteiger partial charge on any atom is -0.456 e. The number of benzene rings is 2. The molecule has 0 aliphatic rings. The molecule has 0 bridgehead atoms. The predicted octanol–water partition coefficient (Wildman–Crippen LogP) is 3.86. The maximum atomic E-state index is 12.6. The molecule has 0 fully saturated rings. The lowest BCUT2D eigenvalue weighted by atomic mass is 10.2. The maximum Gasteiger partial charge on any atom is 0.356 e. The molecule has 1 amide bonds. The van der Waals surface area contributed by atoms with Gasteiger partial charge >= 0.3 is 5.97 Å². The van der Waals surface area contributed by atoms with Crippen molar-refractivity contribution in [2.24, 2.45) is 0 Å². The number of carbonyl (C=O) groups excluding carboxylic acids is 2. The van der Waals surface area contributed by atoms with Gasteiger partial charge in [0.2, 0.25) is 0 Å². The van der Waals surface area contributed by atoms with Crippen LogP contribution in [0.3, 0.4) is 0 Å². The monoisotopic (exact) mass is 428 g/mol. The zero-order valence-corrected chi connectivity index (χ0v) is 17.2. The number of hydrogen-bond acceptors (Lipinski definition) is 7. The Hall–Kier alpha value is -4.53. The van der Waals surface area contributed by atoms with Gasteiger partial charge in [-0.2, -0.15) is 10.2 Å². The van der Waals surface area contributed by atoms with Crippen molar-refractivity contribution in [3.05, 3.63) is 95.3 Å². The molecule has 0 spiro atoms. The van der Waals surface area contributed by atoms with Crippen LogP contribution in [0.5, 0.6) is 0 Å². The van der Waals surface area contributed by atoms with Crippen LogP contribution in [0, 0.1) is 6.92 Å². The number of H-pyrrole nitrogens is 1. The van der Waals surface area contributed by atoms with E-state index in [0.29, 0.717) is 17.1 Å². The fourth-order valence-electron chi connectivity index (χ4n) is 2.83. The molecule has 9 heteroatoms. The van der Waals surface area contributed by atoms with Gasteiger partial charge in [-0.15, -0.1) is 5.10 Å². The Morgan fingerprint density at radius 3 is 2.56 bits per heavy atom. The van der Waals surface area contributed by atoms with Gasteiger partial charge in [0, 0.05) is 17.3 Å². The molecule has 0 saturated carbocycles. The molecule has 160 valence electrons. The molecule has 2 heterocycles. The number of nitrogens with zero attached hydrogens (tertiary/aromatic N) is 3. The number of ether oxygens (including phenoxy) is 1. The summed E-state index contributed by atoms with van der Waals surface area (Å²) in [5.74, 6) is -0.157. The van der Waals surface area contributed by atoms with Gasteiger partial charge < -0.3 is 15.4 Å². The van der Waals surface area contributed by atoms with Crippen LogP contribution in [0.25, 0.3) is 0 Å². The smallest absolute Gasteiger partial charge is 0.356 e. The Morgan fingerprint density at radius 2 is 1.78 bits per heavy atom. The maximum absolute atomic E-state index is 12.6. The molecule has 9 nitrogen and oxygen atoms in total. The summed E-state index contributed by atoms with van der Waals surface area (Å²) in [6.45, 7) is 2.00. The number of rotatable bonds is 7. The van der Waals surface area contributed by atoms with E-state index in [1.807, 2.05) is 49.4 Å². The normalized spacial score (nSPS) is 10.4. The van der Waals surface area contributed by atoms with Crippen molar-refractivity contribution >= 4 is 29.2 Å². The molecule has 0 aliphatic carbocycles. The standard InChI is InChI=1S/C23H20N6O3/c1-15-10-11-20(28-26-15)24-18-9-5-8-17(12-18)22(30)25-21-13-19(27-29-21)23(31)32-14-16-6-3-2-4-7-16/h2-13H,14H2,1H3,(H,24,28)(H2,25,27,29,30). The van der Waals surface area contributed by atoms with Crippen LogP contribution in [0.1, 0.15) is 32.1 Å². The lowest BCUT2D eigenvalue weighted by Crippen LogP contribution is -2.12. The van der Waals surface area contributed by atoms with Crippen molar-refractivity contribution in [3.8, 4) is 0 Å². The van der Waals surface area contributed by atoms with Gasteiger partial charge in [-0.3, -0.25) is 9.89 Å². The molecule has 4 rings (SSSR count). The Balaban J connectivity index is 1.36. The highest BCUT2D eigenvalue weighted by Crippen LogP contribution is 2.17. The molecule has 32 heavy (non-hydrogen) atoms. The number of esters is 1. The first-order valence-electron chi connectivity index (χ1n) is 9.82. The number of hydrogen-bond donors (Lipinski definition) is 3. The Kier molecular flexibility index (Phi) is 6.17. The highest BCUT2D eigenvalue weighted by atomic mass is 16.5. The van der Waals surface area contributed by atoms with Gasteiger partial charge in [0.15, 0.2) is 11.6 Å². The number of amides is 1. The fraction of sp³-hybridized carbons (Fsp3) is 0.0870. The van der Waals surface area contributed by atoms with Crippen molar-refractivity contribution in [3.63, 3.8) is 0 Å². The number of carbonyl (C=O) groups is 2. The van der Waals surface area contributed by atoms with Gasteiger partial charge in [-0.25, -0.2) is 4.79 Å². The van der Waals surface area contributed by atoms with E-state index in [0.717, 1.165) is 11.3 Å². The van der Waals surface area contributed by atoms with Crippen molar-refractivity contribution < 1.29 is 14.3 Å². The number of anilines is 3. The van der Waals surface area contributed by atoms with Crippen LogP contribution < -0.4 is 10.6 Å². The van der Waals surface area contributed by atoms with E-state index >= 15 is 0 Å². The van der Waals surface area contributed by atoms with Crippen molar-refractivity contribution in [1.82, 2.24) is 20.4 Å². The summed E-state index contributed by atoms with van der Waals surface area (Å²) < 4.78 is 5.25. The summed E-state index contributed by atoms with van der Waals surface area (Å²) in [5, 5.41) is 20.4. The molecule has 4 aromatic rings. The summed E-state index contributed by atoms with van der Waals surface area (Å²) >= 11 is 0. The largest absolute Gasteiger partial charge is 0.456 e. The third-order valence-corrected chi connectivity index (χ3v) is 4.45. The quantitative estimate of drug-likeness (QED) is 0.382. The molecule has 0 radical (unpaired) electrons. The molecule has 0 aliphatic heterocycles. The number of aryl methyl sites for hydroxylation is 1. The SMILES string of the molecule is Cc1ccc(Nc2cccc(C(=O)Nc3cc(C(=O)OCc4ccccc4)[nH]n3)c2)nn1. The number of nitrogens with one attached hydrogen (secondary N) is 3. The third kappa shape index (κ3) is 5.33. The lowest BCUT2D eigenvalue weighted by molar-refractivity contribution is 0.0465. The van der Waals surface area contributed by atoms with Crippen LogP contribution >= 0.6 is 0 Å². The topological polar surface area (TPSA) is 122 Å². The molecule has 0 saturated heterocycles. The molecule has 0 atom stereocenters. The minimum atomic E-state index is -0.563. The van der Waals surface area contributed by atoms with E-state index in [-0.39, 0.29) is 24.0 Å². The molecule has 2 aromatic heterocycles. The minimum absolute atomic E-state index is 0.143. The predicted molar refractivity (Wildman–Crippen MR) is 119 cm³/mol. The lowest BCUT2D eigenvalue weighted by Gasteiger charge is -2.07. The zero-order valence-electron chi connectivity index (χ0n) is 17.2. The second-order valence-electron chi connectivity index (χ2n) is 6.95. The summed E-state index contributed by atoms with van der Waals surface area (Å²) in [4.78, 5) is 24.8. The van der Waals surface area contributed by atoms with E-state index in [2.05, 4.69) is 31.0 Å². The van der Waals surface area contributed by atoms with Gasteiger partial charge in [-0.1, -0.05) is 36.4 Å². The van der Waals surface area contributed by atoms with Crippen LogP contribution in [-0.4, -0.2) is 32.3 Å². The van der Waals surface area contributed by atoms with Gasteiger partial charge in [0.1, 0.15) is 12.3 Å². The van der Waals surface area contributed by atoms with Gasteiger partial charge in [0.05, 0.1) is 5.69 Å². The summed E-state index contributed by atoms with van der Waals surface area (Å²) in [6.07, 6.45) is 0. The first kappa shape index (κ1) is 20.7. The van der Waals surface area contributed by atoms with Gasteiger partial charge in [-0.05, 0) is 42.8 Å². The summed E-state index contributed by atoms with van der Waals surface area (Å²) in [7, 11) is 0. The number of aromatic amines is 1. The van der Waals surface area contributed by atoms with E-state index in [1.165, 1.54) is 6.07 Å². The molecule has 3 N–H and O–H groups in total. The second kappa shape index (κ2) is 9.52. The summed E-state index contributed by atoms with van der Waals surface area (Å²) in [6, 6.07) is 21.3. The summed E-state index contributed by atoms with van der Waals surface area (Å²) in [5.41, 5.74) is 2.92. The van der Waals surface area contributed by atoms with Crippen molar-refractivity contribution in [2.45, 2.75) is 13.5 Å². The average molecular weight is 428 g/mol. The van der Waals surface area contributed by atoms with E-state index in [9.17, 15) is 9.59 Å². The highest BCUT2D eigenvalue weighted by Gasteiger charge is 2.14. The Morgan fingerprint density at radius 1 is 0.938 bits per heavy atom. The molecule has 0 unspecified atom stereocenters. The van der Waals surface area contributed by atoms with Crippen LogP contribution in [0.2, 0.25) is 0 Å². The number of aromatic nitrogens is 4. The van der Waals surface area contributed by atoms with Gasteiger partial charge in [0.25, 0.3) is 5.91 Å². The van der Waals surface area contributed by atoms with Crippen LogP contribution in [0.15, 0.2) is 72.8 Å². The first-order chi connectivity index (χ1) is 15.6. The van der Waals surface area contributed by atoms with E-state index in [1.54, 1.807) is 24.3 Å². The van der Waals surface area contributed by atoms with Crippen LogP contribution in [-0.2, 0) is 11.3 Å². The third-order valence-electron chi connectivity index (χ3n) is 4.45. The van der Waals surface area contributed by atoms with Crippen molar-refractivity contribution in [2.75, 3.05) is 10.6 Å².